The van der Waals surface area contributed by atoms with Gasteiger partial charge in [-0.2, -0.15) is 0 Å². The predicted molar refractivity (Wildman–Crippen MR) is 112 cm³/mol. The Bertz CT molecular complexity index is 949. The van der Waals surface area contributed by atoms with Crippen LogP contribution in [0.2, 0.25) is 0 Å². The molecule has 1 aliphatic carbocycles. The summed E-state index contributed by atoms with van der Waals surface area (Å²) in [5.41, 5.74) is 5.77. The van der Waals surface area contributed by atoms with E-state index >= 15 is 0 Å². The van der Waals surface area contributed by atoms with Crippen LogP contribution in [-0.2, 0) is 28.9 Å². The third-order valence-corrected chi connectivity index (χ3v) is 6.96. The minimum Gasteiger partial charge on any atom is -0.498 e. The molecule has 2 heterocycles. The number of hydrogen-bond donors (Lipinski definition) is 0. The standard InChI is InChI=1S/C24H29NO3/c1-26-16-7-8-17-19(11-16)21-13-24(28-3)23(27-2)12-20(21)18-10-15-6-4-5-9-25(15)14-22(17)18/h7-8,11-12,15,24H,4-6,9-10,13-14H2,1-3H3. The molecule has 1 saturated heterocycles. The zero-order chi connectivity index (χ0) is 19.3. The highest BCUT2D eigenvalue weighted by Crippen LogP contribution is 2.42. The number of methoxy groups -OCH3 is 3. The van der Waals surface area contributed by atoms with Crippen LogP contribution in [0.3, 0.4) is 0 Å². The second kappa shape index (κ2) is 7.09. The Balaban J connectivity index is 1.77. The van der Waals surface area contributed by atoms with Gasteiger partial charge in [0.15, 0.2) is 0 Å². The van der Waals surface area contributed by atoms with Gasteiger partial charge in [0.25, 0.3) is 0 Å². The molecule has 2 atom stereocenters. The molecular formula is C24H29NO3. The lowest BCUT2D eigenvalue weighted by Gasteiger charge is -2.42. The quantitative estimate of drug-likeness (QED) is 0.795. The SMILES string of the molecule is COC1=Cc2c3c(c4ccc(OC)cc4c2CC1OC)CN1CCCCC1C3. The van der Waals surface area contributed by atoms with Gasteiger partial charge >= 0.3 is 0 Å². The molecule has 28 heavy (non-hydrogen) atoms. The topological polar surface area (TPSA) is 30.9 Å². The number of hydrogen-bond acceptors (Lipinski definition) is 4. The maximum absolute atomic E-state index is 5.75. The fourth-order valence-electron chi connectivity index (χ4n) is 5.47. The Hall–Kier alpha value is -2.04. The normalized spacial score (nSPS) is 24.2. The monoisotopic (exact) mass is 379 g/mol. The van der Waals surface area contributed by atoms with Crippen molar-refractivity contribution in [1.29, 1.82) is 0 Å². The largest absolute Gasteiger partial charge is 0.498 e. The minimum atomic E-state index is -0.0280. The molecule has 0 saturated carbocycles. The molecule has 0 aromatic heterocycles. The molecule has 0 amide bonds. The van der Waals surface area contributed by atoms with Crippen LogP contribution in [-0.4, -0.2) is 44.9 Å². The molecule has 0 N–H and O–H groups in total. The molecule has 4 heteroatoms. The first kappa shape index (κ1) is 18.0. The molecule has 0 spiro atoms. The van der Waals surface area contributed by atoms with E-state index in [1.165, 1.54) is 58.8 Å². The molecule has 1 fully saturated rings. The molecule has 0 bridgehead atoms. The van der Waals surface area contributed by atoms with Crippen LogP contribution < -0.4 is 4.74 Å². The Morgan fingerprint density at radius 3 is 2.61 bits per heavy atom. The summed E-state index contributed by atoms with van der Waals surface area (Å²) in [5.74, 6) is 1.85. The third kappa shape index (κ3) is 2.73. The highest BCUT2D eigenvalue weighted by atomic mass is 16.5. The molecule has 2 unspecified atom stereocenters. The van der Waals surface area contributed by atoms with E-state index in [1.807, 2.05) is 0 Å². The summed E-state index contributed by atoms with van der Waals surface area (Å²) in [6, 6.07) is 7.24. The van der Waals surface area contributed by atoms with E-state index in [1.54, 1.807) is 21.3 Å². The van der Waals surface area contributed by atoms with Gasteiger partial charge in [-0.3, -0.25) is 4.90 Å². The number of rotatable bonds is 3. The van der Waals surface area contributed by atoms with E-state index in [9.17, 15) is 0 Å². The summed E-state index contributed by atoms with van der Waals surface area (Å²) in [5, 5.41) is 2.68. The van der Waals surface area contributed by atoms with Gasteiger partial charge in [-0.05, 0) is 77.0 Å². The average molecular weight is 380 g/mol. The Morgan fingerprint density at radius 1 is 0.929 bits per heavy atom. The first-order valence-electron chi connectivity index (χ1n) is 10.4. The van der Waals surface area contributed by atoms with Crippen molar-refractivity contribution in [3.8, 4) is 5.75 Å². The van der Waals surface area contributed by atoms with Gasteiger partial charge in [-0.1, -0.05) is 12.5 Å². The maximum atomic E-state index is 5.75. The first-order chi connectivity index (χ1) is 13.7. The Kier molecular flexibility index (Phi) is 4.56. The minimum absolute atomic E-state index is 0.0280. The number of fused-ring (bicyclic) bond motifs is 7. The summed E-state index contributed by atoms with van der Waals surface area (Å²) in [7, 11) is 5.26. The second-order valence-electron chi connectivity index (χ2n) is 8.26. The van der Waals surface area contributed by atoms with Crippen LogP contribution in [0.5, 0.6) is 5.75 Å². The molecule has 2 aromatic carbocycles. The summed E-state index contributed by atoms with van der Waals surface area (Å²) >= 11 is 0. The average Bonchev–Trinajstić information content (AvgIpc) is 2.76. The van der Waals surface area contributed by atoms with Gasteiger partial charge in [0.2, 0.25) is 0 Å². The van der Waals surface area contributed by atoms with E-state index in [-0.39, 0.29) is 6.10 Å². The van der Waals surface area contributed by atoms with Gasteiger partial charge in [-0.25, -0.2) is 0 Å². The summed E-state index contributed by atoms with van der Waals surface area (Å²) in [6.07, 6.45) is 8.20. The van der Waals surface area contributed by atoms with E-state index in [0.717, 1.165) is 30.9 Å². The molecule has 4 nitrogen and oxygen atoms in total. The van der Waals surface area contributed by atoms with Crippen LogP contribution in [0, 0.1) is 0 Å². The predicted octanol–water partition coefficient (Wildman–Crippen LogP) is 4.32. The molecule has 3 aliphatic rings. The lowest BCUT2D eigenvalue weighted by molar-refractivity contribution is 0.0795. The van der Waals surface area contributed by atoms with Crippen molar-refractivity contribution >= 4 is 16.8 Å². The van der Waals surface area contributed by atoms with Gasteiger partial charge < -0.3 is 14.2 Å². The van der Waals surface area contributed by atoms with Gasteiger partial charge in [-0.15, -0.1) is 0 Å². The molecule has 2 aromatic rings. The van der Waals surface area contributed by atoms with E-state index in [0.29, 0.717) is 6.04 Å². The number of ether oxygens (including phenoxy) is 3. The van der Waals surface area contributed by atoms with Crippen LogP contribution >= 0.6 is 0 Å². The van der Waals surface area contributed by atoms with Crippen molar-refractivity contribution in [3.05, 3.63) is 46.2 Å². The highest BCUT2D eigenvalue weighted by molar-refractivity contribution is 5.95. The van der Waals surface area contributed by atoms with Gasteiger partial charge in [0, 0.05) is 26.1 Å². The van der Waals surface area contributed by atoms with Crippen molar-refractivity contribution < 1.29 is 14.2 Å². The van der Waals surface area contributed by atoms with E-state index in [2.05, 4.69) is 29.2 Å². The Labute approximate surface area is 167 Å². The van der Waals surface area contributed by atoms with Gasteiger partial charge in [0.05, 0.1) is 14.2 Å². The molecule has 148 valence electrons. The summed E-state index contributed by atoms with van der Waals surface area (Å²) in [4.78, 5) is 2.70. The van der Waals surface area contributed by atoms with Crippen LogP contribution in [0.15, 0.2) is 24.0 Å². The number of nitrogens with zero attached hydrogens (tertiary/aromatic N) is 1. The summed E-state index contributed by atoms with van der Waals surface area (Å²) < 4.78 is 17.0. The van der Waals surface area contributed by atoms with Crippen molar-refractivity contribution in [2.45, 2.75) is 50.8 Å². The maximum Gasteiger partial charge on any atom is 0.125 e. The van der Waals surface area contributed by atoms with E-state index in [4.69, 9.17) is 14.2 Å². The zero-order valence-corrected chi connectivity index (χ0v) is 17.1. The van der Waals surface area contributed by atoms with Crippen LogP contribution in [0.25, 0.3) is 16.8 Å². The highest BCUT2D eigenvalue weighted by Gasteiger charge is 2.34. The van der Waals surface area contributed by atoms with Crippen LogP contribution in [0.4, 0.5) is 0 Å². The van der Waals surface area contributed by atoms with Crippen molar-refractivity contribution in [3.63, 3.8) is 0 Å². The molecule has 0 radical (unpaired) electrons. The van der Waals surface area contributed by atoms with E-state index < -0.39 is 0 Å². The zero-order valence-electron chi connectivity index (χ0n) is 17.1. The smallest absolute Gasteiger partial charge is 0.125 e. The fourth-order valence-corrected chi connectivity index (χ4v) is 5.47. The van der Waals surface area contributed by atoms with Crippen molar-refractivity contribution in [2.24, 2.45) is 0 Å². The lowest BCUT2D eigenvalue weighted by atomic mass is 9.78. The first-order valence-corrected chi connectivity index (χ1v) is 10.4. The number of benzene rings is 2. The Morgan fingerprint density at radius 2 is 1.82 bits per heavy atom. The fraction of sp³-hybridized carbons (Fsp3) is 0.500. The molecular weight excluding hydrogens is 350 g/mol. The molecule has 2 aliphatic heterocycles. The second-order valence-corrected chi connectivity index (χ2v) is 8.26. The number of piperidine rings is 1. The van der Waals surface area contributed by atoms with Crippen LogP contribution in [0.1, 0.15) is 41.5 Å². The molecule has 5 rings (SSSR count). The summed E-state index contributed by atoms with van der Waals surface area (Å²) in [6.45, 7) is 2.28. The lowest BCUT2D eigenvalue weighted by Crippen LogP contribution is -2.44. The van der Waals surface area contributed by atoms with Gasteiger partial charge in [0.1, 0.15) is 17.6 Å². The van der Waals surface area contributed by atoms with Crippen molar-refractivity contribution in [1.82, 2.24) is 4.90 Å². The van der Waals surface area contributed by atoms with Crippen molar-refractivity contribution in [2.75, 3.05) is 27.9 Å². The third-order valence-electron chi connectivity index (χ3n) is 6.96.